The van der Waals surface area contributed by atoms with Gasteiger partial charge in [0.1, 0.15) is 17.3 Å². The monoisotopic (exact) mass is 379 g/mol. The topological polar surface area (TPSA) is 80.1 Å². The van der Waals surface area contributed by atoms with Gasteiger partial charge in [0.15, 0.2) is 0 Å². The van der Waals surface area contributed by atoms with E-state index >= 15 is 0 Å². The van der Waals surface area contributed by atoms with Crippen LogP contribution in [0, 0.1) is 6.92 Å². The van der Waals surface area contributed by atoms with Crippen molar-refractivity contribution in [2.45, 2.75) is 19.9 Å². The molecule has 1 aromatic carbocycles. The lowest BCUT2D eigenvalue weighted by Crippen LogP contribution is -2.26. The maximum Gasteiger partial charge on any atom is 0.229 e. The number of hydrogen-bond donors (Lipinski definition) is 2. The Labute approximate surface area is 164 Å². The molecule has 1 aliphatic heterocycles. The van der Waals surface area contributed by atoms with E-state index in [2.05, 4.69) is 38.7 Å². The molecule has 0 spiro atoms. The van der Waals surface area contributed by atoms with E-state index in [0.29, 0.717) is 5.95 Å². The van der Waals surface area contributed by atoms with Crippen molar-refractivity contribution in [2.24, 2.45) is 0 Å². The van der Waals surface area contributed by atoms with Crippen LogP contribution in [0.25, 0.3) is 5.69 Å². The van der Waals surface area contributed by atoms with E-state index in [-0.39, 0.29) is 0 Å². The molecule has 0 radical (unpaired) electrons. The van der Waals surface area contributed by atoms with Crippen LogP contribution in [-0.4, -0.2) is 52.4 Å². The molecule has 0 bridgehead atoms. The van der Waals surface area contributed by atoms with E-state index in [1.54, 1.807) is 7.11 Å². The molecule has 0 amide bonds. The molecule has 0 unspecified atom stereocenters. The fourth-order valence-corrected chi connectivity index (χ4v) is 3.39. The van der Waals surface area contributed by atoms with Gasteiger partial charge >= 0.3 is 0 Å². The first-order chi connectivity index (χ1) is 13.6. The highest BCUT2D eigenvalue weighted by Crippen LogP contribution is 2.29. The van der Waals surface area contributed by atoms with Gasteiger partial charge < -0.3 is 20.3 Å². The summed E-state index contributed by atoms with van der Waals surface area (Å²) in [6.45, 7) is 3.86. The van der Waals surface area contributed by atoms with Crippen molar-refractivity contribution in [2.75, 3.05) is 38.4 Å². The summed E-state index contributed by atoms with van der Waals surface area (Å²) in [5.74, 6) is 2.08. The summed E-state index contributed by atoms with van der Waals surface area (Å²) < 4.78 is 7.48. The van der Waals surface area contributed by atoms with Crippen LogP contribution in [0.2, 0.25) is 0 Å². The van der Waals surface area contributed by atoms with Gasteiger partial charge in [0.25, 0.3) is 0 Å². The Morgan fingerprint density at radius 3 is 2.82 bits per heavy atom. The zero-order valence-corrected chi connectivity index (χ0v) is 16.7. The highest BCUT2D eigenvalue weighted by Gasteiger charge is 2.19. The Hall–Kier alpha value is -3.13. The lowest BCUT2D eigenvalue weighted by atomic mass is 10.1. The Morgan fingerprint density at radius 2 is 2.04 bits per heavy atom. The lowest BCUT2D eigenvalue weighted by Gasteiger charge is -2.20. The second-order valence-electron chi connectivity index (χ2n) is 7.01. The number of methoxy groups -OCH3 is 1. The number of aryl methyl sites for hydroxylation is 1. The number of fused-ring (bicyclic) bond motifs is 1. The minimum absolute atomic E-state index is 0.543. The summed E-state index contributed by atoms with van der Waals surface area (Å²) in [5, 5.41) is 11.1. The third-order valence-corrected chi connectivity index (χ3v) is 4.85. The molecule has 0 saturated carbocycles. The molecule has 0 fully saturated rings. The average molecular weight is 379 g/mol. The normalized spacial score (nSPS) is 13.9. The van der Waals surface area contributed by atoms with E-state index in [4.69, 9.17) is 9.84 Å². The number of ether oxygens (including phenoxy) is 1. The van der Waals surface area contributed by atoms with Gasteiger partial charge in [0, 0.05) is 43.8 Å². The molecule has 4 rings (SSSR count). The number of nitrogens with one attached hydrogen (secondary N) is 2. The van der Waals surface area contributed by atoms with Crippen molar-refractivity contribution in [3.8, 4) is 11.4 Å². The third-order valence-electron chi connectivity index (χ3n) is 4.85. The van der Waals surface area contributed by atoms with Gasteiger partial charge in [0.2, 0.25) is 5.95 Å². The van der Waals surface area contributed by atoms with Crippen LogP contribution in [0.1, 0.15) is 17.0 Å². The summed E-state index contributed by atoms with van der Waals surface area (Å²) in [6, 6.07) is 7.78. The molecule has 0 aliphatic carbocycles. The second kappa shape index (κ2) is 7.47. The summed E-state index contributed by atoms with van der Waals surface area (Å²) in [6.07, 6.45) is 3.11. The van der Waals surface area contributed by atoms with Crippen molar-refractivity contribution in [1.29, 1.82) is 0 Å². The SMILES string of the molecule is CNc1cc(C)nc(Nc2ccc(OC)c(-n3cc4c(n3)CN(C)CC4)c2)n1. The fraction of sp³-hybridized carbons (Fsp3) is 0.350. The van der Waals surface area contributed by atoms with Gasteiger partial charge in [-0.05, 0) is 44.2 Å². The van der Waals surface area contributed by atoms with Gasteiger partial charge in [0.05, 0.1) is 12.8 Å². The summed E-state index contributed by atoms with van der Waals surface area (Å²) in [5.41, 5.74) is 5.05. The molecule has 3 heterocycles. The number of rotatable bonds is 5. The number of nitrogens with zero attached hydrogens (tertiary/aromatic N) is 5. The van der Waals surface area contributed by atoms with Crippen LogP contribution in [0.4, 0.5) is 17.5 Å². The molecule has 3 aromatic rings. The van der Waals surface area contributed by atoms with Crippen LogP contribution in [0.15, 0.2) is 30.5 Å². The Kier molecular flexibility index (Phi) is 4.87. The van der Waals surface area contributed by atoms with Crippen LogP contribution in [0.3, 0.4) is 0 Å². The van der Waals surface area contributed by atoms with Crippen molar-refractivity contribution >= 4 is 17.5 Å². The molecule has 8 heteroatoms. The zero-order valence-electron chi connectivity index (χ0n) is 16.7. The summed E-state index contributed by atoms with van der Waals surface area (Å²) >= 11 is 0. The molecule has 146 valence electrons. The standard InChI is InChI=1S/C20H25N7O/c1-13-9-19(21-2)24-20(22-13)23-15-5-6-18(28-4)17(10-15)27-11-14-7-8-26(3)12-16(14)25-27/h5-6,9-11H,7-8,12H2,1-4H3,(H2,21,22,23,24). The van der Waals surface area contributed by atoms with Crippen molar-refractivity contribution < 1.29 is 4.74 Å². The molecule has 1 aliphatic rings. The molecular weight excluding hydrogens is 354 g/mol. The molecule has 28 heavy (non-hydrogen) atoms. The number of aromatic nitrogens is 4. The van der Waals surface area contributed by atoms with E-state index in [1.165, 1.54) is 5.56 Å². The molecular formula is C20H25N7O. The van der Waals surface area contributed by atoms with Crippen LogP contribution in [-0.2, 0) is 13.0 Å². The van der Waals surface area contributed by atoms with Crippen molar-refractivity contribution in [1.82, 2.24) is 24.6 Å². The van der Waals surface area contributed by atoms with E-state index in [0.717, 1.165) is 53.8 Å². The molecule has 0 atom stereocenters. The summed E-state index contributed by atoms with van der Waals surface area (Å²) in [4.78, 5) is 11.2. The molecule has 0 saturated heterocycles. The van der Waals surface area contributed by atoms with E-state index in [1.807, 2.05) is 42.9 Å². The Morgan fingerprint density at radius 1 is 1.18 bits per heavy atom. The number of anilines is 3. The van der Waals surface area contributed by atoms with Gasteiger partial charge in [-0.15, -0.1) is 0 Å². The molecule has 2 aromatic heterocycles. The van der Waals surface area contributed by atoms with Crippen molar-refractivity contribution in [3.63, 3.8) is 0 Å². The first kappa shape index (κ1) is 18.2. The van der Waals surface area contributed by atoms with Crippen LogP contribution >= 0.6 is 0 Å². The Bertz CT molecular complexity index is 998. The van der Waals surface area contributed by atoms with E-state index in [9.17, 15) is 0 Å². The third kappa shape index (κ3) is 3.63. The van der Waals surface area contributed by atoms with Crippen LogP contribution < -0.4 is 15.4 Å². The lowest BCUT2D eigenvalue weighted by molar-refractivity contribution is 0.308. The first-order valence-corrected chi connectivity index (χ1v) is 9.30. The fourth-order valence-electron chi connectivity index (χ4n) is 3.39. The minimum atomic E-state index is 0.543. The Balaban J connectivity index is 1.68. The average Bonchev–Trinajstić information content (AvgIpc) is 3.10. The van der Waals surface area contributed by atoms with E-state index < -0.39 is 0 Å². The highest BCUT2D eigenvalue weighted by atomic mass is 16.5. The first-order valence-electron chi connectivity index (χ1n) is 9.30. The van der Waals surface area contributed by atoms with Gasteiger partial charge in [-0.3, -0.25) is 0 Å². The smallest absolute Gasteiger partial charge is 0.229 e. The maximum absolute atomic E-state index is 5.57. The second-order valence-corrected chi connectivity index (χ2v) is 7.01. The molecule has 2 N–H and O–H groups in total. The minimum Gasteiger partial charge on any atom is -0.494 e. The molecule has 8 nitrogen and oxygen atoms in total. The van der Waals surface area contributed by atoms with Gasteiger partial charge in [-0.1, -0.05) is 0 Å². The van der Waals surface area contributed by atoms with Gasteiger partial charge in [-0.25, -0.2) is 9.67 Å². The highest BCUT2D eigenvalue weighted by molar-refractivity contribution is 5.63. The quantitative estimate of drug-likeness (QED) is 0.705. The zero-order chi connectivity index (χ0) is 19.7. The number of hydrogen-bond acceptors (Lipinski definition) is 7. The predicted molar refractivity (Wildman–Crippen MR) is 110 cm³/mol. The predicted octanol–water partition coefficient (Wildman–Crippen LogP) is 2.75. The van der Waals surface area contributed by atoms with Crippen molar-refractivity contribution in [3.05, 3.63) is 47.4 Å². The number of likely N-dealkylation sites (N-methyl/N-ethyl adjacent to an activating group) is 1. The van der Waals surface area contributed by atoms with Gasteiger partial charge in [-0.2, -0.15) is 10.1 Å². The van der Waals surface area contributed by atoms with Crippen LogP contribution in [0.5, 0.6) is 5.75 Å². The largest absolute Gasteiger partial charge is 0.494 e. The number of benzene rings is 1. The summed E-state index contributed by atoms with van der Waals surface area (Å²) in [7, 11) is 5.63. The maximum atomic E-state index is 5.57.